The molecule has 1 aliphatic carbocycles. The highest BCUT2D eigenvalue weighted by Crippen LogP contribution is 2.39. The van der Waals surface area contributed by atoms with Gasteiger partial charge in [-0.1, -0.05) is 12.8 Å². The largest absolute Gasteiger partial charge is 0.383 e. The van der Waals surface area contributed by atoms with Crippen LogP contribution in [0, 0.1) is 0 Å². The minimum Gasteiger partial charge on any atom is -0.383 e. The summed E-state index contributed by atoms with van der Waals surface area (Å²) in [4.78, 5) is 19.5. The molecule has 2 N–H and O–H groups in total. The van der Waals surface area contributed by atoms with Crippen molar-refractivity contribution < 1.29 is 9.53 Å². The number of carbonyl (C=O) groups excluding carboxylic acids is 1. The molecule has 0 atom stereocenters. The molecular weight excluding hydrogens is 254 g/mol. The monoisotopic (exact) mass is 275 g/mol. The lowest BCUT2D eigenvalue weighted by Crippen LogP contribution is -2.56. The Morgan fingerprint density at radius 2 is 2.00 bits per heavy atom. The van der Waals surface area contributed by atoms with E-state index in [1.807, 2.05) is 0 Å². The summed E-state index contributed by atoms with van der Waals surface area (Å²) in [5.74, 6) is 0.486. The molecule has 0 aromatic carbocycles. The van der Waals surface area contributed by atoms with Gasteiger partial charge in [-0.15, -0.1) is 0 Å². The van der Waals surface area contributed by atoms with Crippen molar-refractivity contribution >= 4 is 11.6 Å². The maximum absolute atomic E-state index is 13.1. The van der Waals surface area contributed by atoms with E-state index >= 15 is 0 Å². The van der Waals surface area contributed by atoms with Crippen molar-refractivity contribution in [3.63, 3.8) is 0 Å². The third-order valence-corrected chi connectivity index (χ3v) is 4.55. The average molecular weight is 275 g/mol. The smallest absolute Gasteiger partial charge is 0.186 e. The molecule has 5 nitrogen and oxygen atoms in total. The molecule has 1 saturated carbocycles. The van der Waals surface area contributed by atoms with Crippen molar-refractivity contribution in [1.29, 1.82) is 0 Å². The summed E-state index contributed by atoms with van der Waals surface area (Å²) in [7, 11) is 0. The molecule has 0 unspecified atom stereocenters. The Balaban J connectivity index is 1.94. The van der Waals surface area contributed by atoms with Gasteiger partial charge in [-0.25, -0.2) is 4.98 Å². The lowest BCUT2D eigenvalue weighted by atomic mass is 9.85. The second-order valence-electron chi connectivity index (χ2n) is 5.60. The molecule has 3 rings (SSSR count). The lowest BCUT2D eigenvalue weighted by Gasteiger charge is -2.42. The molecule has 20 heavy (non-hydrogen) atoms. The fraction of sp³-hybridized carbons (Fsp3) is 0.600. The number of hydrogen-bond donors (Lipinski definition) is 1. The second-order valence-corrected chi connectivity index (χ2v) is 5.60. The SMILES string of the molecule is Nc1ncccc1C(=O)C1(N2CCOCC2)CCCC1. The summed E-state index contributed by atoms with van der Waals surface area (Å²) < 4.78 is 5.42. The Labute approximate surface area is 119 Å². The number of nitrogens with zero attached hydrogens (tertiary/aromatic N) is 2. The van der Waals surface area contributed by atoms with Gasteiger partial charge in [0.05, 0.1) is 24.3 Å². The number of aromatic nitrogens is 1. The van der Waals surface area contributed by atoms with Crippen molar-refractivity contribution in [3.05, 3.63) is 23.9 Å². The molecule has 0 amide bonds. The number of hydrogen-bond acceptors (Lipinski definition) is 5. The summed E-state index contributed by atoms with van der Waals surface area (Å²) in [5.41, 5.74) is 6.08. The number of nitrogens with two attached hydrogens (primary N) is 1. The molecule has 1 aliphatic heterocycles. The predicted molar refractivity (Wildman–Crippen MR) is 76.6 cm³/mol. The average Bonchev–Trinajstić information content (AvgIpc) is 2.99. The molecular formula is C15H21N3O2. The minimum absolute atomic E-state index is 0.141. The number of Topliss-reactive ketones (excluding diaryl/α,β-unsaturated/α-hetero) is 1. The zero-order valence-electron chi connectivity index (χ0n) is 11.7. The third-order valence-electron chi connectivity index (χ3n) is 4.55. The van der Waals surface area contributed by atoms with Gasteiger partial charge in [-0.05, 0) is 25.0 Å². The summed E-state index contributed by atoms with van der Waals surface area (Å²) in [6, 6.07) is 3.58. The van der Waals surface area contributed by atoms with Gasteiger partial charge in [0, 0.05) is 19.3 Å². The first kappa shape index (κ1) is 13.5. The van der Waals surface area contributed by atoms with Crippen LogP contribution >= 0.6 is 0 Å². The molecule has 1 aromatic rings. The summed E-state index contributed by atoms with van der Waals surface area (Å²) in [5, 5.41) is 0. The second kappa shape index (κ2) is 5.50. The third kappa shape index (κ3) is 2.21. The Morgan fingerprint density at radius 1 is 1.30 bits per heavy atom. The fourth-order valence-corrected chi connectivity index (χ4v) is 3.50. The minimum atomic E-state index is -0.388. The van der Waals surface area contributed by atoms with E-state index in [9.17, 15) is 4.79 Å². The van der Waals surface area contributed by atoms with Gasteiger partial charge in [-0.3, -0.25) is 9.69 Å². The van der Waals surface area contributed by atoms with Crippen molar-refractivity contribution in [2.45, 2.75) is 31.2 Å². The van der Waals surface area contributed by atoms with E-state index in [0.717, 1.165) is 38.8 Å². The van der Waals surface area contributed by atoms with Gasteiger partial charge in [-0.2, -0.15) is 0 Å². The van der Waals surface area contributed by atoms with Crippen LogP contribution in [0.25, 0.3) is 0 Å². The maximum atomic E-state index is 13.1. The molecule has 0 bridgehead atoms. The Kier molecular flexibility index (Phi) is 3.72. The molecule has 108 valence electrons. The number of pyridine rings is 1. The van der Waals surface area contributed by atoms with Crippen LogP contribution in [0.4, 0.5) is 5.82 Å². The topological polar surface area (TPSA) is 68.5 Å². The Morgan fingerprint density at radius 3 is 2.65 bits per heavy atom. The number of ketones is 1. The molecule has 0 radical (unpaired) electrons. The number of carbonyl (C=O) groups is 1. The van der Waals surface area contributed by atoms with Crippen molar-refractivity contribution in [3.8, 4) is 0 Å². The van der Waals surface area contributed by atoms with Crippen LogP contribution < -0.4 is 5.73 Å². The zero-order chi connectivity index (χ0) is 14.0. The first-order chi connectivity index (χ1) is 9.74. The van der Waals surface area contributed by atoms with E-state index < -0.39 is 0 Å². The summed E-state index contributed by atoms with van der Waals surface area (Å²) in [6.45, 7) is 3.06. The molecule has 0 spiro atoms. The lowest BCUT2D eigenvalue weighted by molar-refractivity contribution is -0.0130. The van der Waals surface area contributed by atoms with E-state index in [0.29, 0.717) is 24.6 Å². The van der Waals surface area contributed by atoms with Crippen LogP contribution in [0.2, 0.25) is 0 Å². The van der Waals surface area contributed by atoms with E-state index in [4.69, 9.17) is 10.5 Å². The number of morpholine rings is 1. The van der Waals surface area contributed by atoms with Gasteiger partial charge in [0.25, 0.3) is 0 Å². The summed E-state index contributed by atoms with van der Waals surface area (Å²) >= 11 is 0. The van der Waals surface area contributed by atoms with E-state index in [2.05, 4.69) is 9.88 Å². The quantitative estimate of drug-likeness (QED) is 0.846. The zero-order valence-corrected chi connectivity index (χ0v) is 11.7. The normalized spacial score (nSPS) is 22.8. The Bertz CT molecular complexity index is 492. The highest BCUT2D eigenvalue weighted by atomic mass is 16.5. The van der Waals surface area contributed by atoms with Gasteiger partial charge in [0.15, 0.2) is 5.78 Å². The van der Waals surface area contributed by atoms with Crippen LogP contribution in [0.1, 0.15) is 36.0 Å². The van der Waals surface area contributed by atoms with Gasteiger partial charge >= 0.3 is 0 Å². The fourth-order valence-electron chi connectivity index (χ4n) is 3.50. The number of rotatable bonds is 3. The molecule has 1 aromatic heterocycles. The molecule has 2 fully saturated rings. The molecule has 2 heterocycles. The van der Waals surface area contributed by atoms with Gasteiger partial charge in [0.2, 0.25) is 0 Å². The van der Waals surface area contributed by atoms with Crippen molar-refractivity contribution in [2.24, 2.45) is 0 Å². The molecule has 5 heteroatoms. The first-order valence-electron chi connectivity index (χ1n) is 7.32. The van der Waals surface area contributed by atoms with Gasteiger partial charge in [0.1, 0.15) is 5.82 Å². The van der Waals surface area contributed by atoms with Crippen LogP contribution in [0.3, 0.4) is 0 Å². The maximum Gasteiger partial charge on any atom is 0.186 e. The van der Waals surface area contributed by atoms with E-state index in [-0.39, 0.29) is 11.3 Å². The van der Waals surface area contributed by atoms with E-state index in [1.165, 1.54) is 0 Å². The number of ether oxygens (including phenoxy) is 1. The number of anilines is 1. The molecule has 1 saturated heterocycles. The predicted octanol–water partition coefficient (Wildman–Crippen LogP) is 1.49. The first-order valence-corrected chi connectivity index (χ1v) is 7.32. The van der Waals surface area contributed by atoms with Gasteiger partial charge < -0.3 is 10.5 Å². The molecule has 2 aliphatic rings. The van der Waals surface area contributed by atoms with Crippen LogP contribution in [-0.4, -0.2) is 47.5 Å². The highest BCUT2D eigenvalue weighted by molar-refractivity contribution is 6.06. The van der Waals surface area contributed by atoms with Crippen LogP contribution in [0.15, 0.2) is 18.3 Å². The standard InChI is InChI=1S/C15H21N3O2/c16-14-12(4-3-7-17-14)13(19)15(5-1-2-6-15)18-8-10-20-11-9-18/h3-4,7H,1-2,5-6,8-11H2,(H2,16,17). The Hall–Kier alpha value is -1.46. The van der Waals surface area contributed by atoms with E-state index in [1.54, 1.807) is 18.3 Å². The summed E-state index contributed by atoms with van der Waals surface area (Å²) in [6.07, 6.45) is 5.66. The highest BCUT2D eigenvalue weighted by Gasteiger charge is 2.47. The van der Waals surface area contributed by atoms with Crippen molar-refractivity contribution in [2.75, 3.05) is 32.0 Å². The van der Waals surface area contributed by atoms with Crippen LogP contribution in [0.5, 0.6) is 0 Å². The van der Waals surface area contributed by atoms with Crippen LogP contribution in [-0.2, 0) is 4.74 Å². The number of nitrogen functional groups attached to an aromatic ring is 1. The van der Waals surface area contributed by atoms with Crippen molar-refractivity contribution in [1.82, 2.24) is 9.88 Å².